The molecule has 104 valence electrons. The second kappa shape index (κ2) is 5.57. The quantitative estimate of drug-likeness (QED) is 0.743. The number of likely N-dealkylation sites (tertiary alicyclic amines) is 1. The van der Waals surface area contributed by atoms with Crippen LogP contribution in [0.1, 0.15) is 32.1 Å². The molecule has 0 saturated carbocycles. The first-order valence-electron chi connectivity index (χ1n) is 6.72. The summed E-state index contributed by atoms with van der Waals surface area (Å²) in [6.45, 7) is 2.61. The maximum atomic E-state index is 12.3. The molecule has 0 aromatic heterocycles. The van der Waals surface area contributed by atoms with Gasteiger partial charge in [-0.15, -0.1) is 0 Å². The minimum Gasteiger partial charge on any atom is -0.342 e. The summed E-state index contributed by atoms with van der Waals surface area (Å²) in [5.74, 6) is 0.0228. The summed E-state index contributed by atoms with van der Waals surface area (Å²) in [7, 11) is -3.16. The lowest BCUT2D eigenvalue weighted by Crippen LogP contribution is -2.47. The van der Waals surface area contributed by atoms with Crippen molar-refractivity contribution in [3.8, 4) is 0 Å². The zero-order valence-corrected chi connectivity index (χ0v) is 11.8. The third kappa shape index (κ3) is 3.23. The molecule has 2 heterocycles. The molecule has 5 nitrogen and oxygen atoms in total. The van der Waals surface area contributed by atoms with Gasteiger partial charge in [0.15, 0.2) is 0 Å². The number of sulfonamides is 1. The van der Waals surface area contributed by atoms with Gasteiger partial charge in [-0.1, -0.05) is 0 Å². The van der Waals surface area contributed by atoms with Crippen molar-refractivity contribution < 1.29 is 13.2 Å². The van der Waals surface area contributed by atoms with Crippen LogP contribution in [0.2, 0.25) is 0 Å². The van der Waals surface area contributed by atoms with Gasteiger partial charge < -0.3 is 4.90 Å². The molecule has 0 unspecified atom stereocenters. The van der Waals surface area contributed by atoms with Crippen LogP contribution in [-0.2, 0) is 14.8 Å². The van der Waals surface area contributed by atoms with Crippen LogP contribution in [0.25, 0.3) is 0 Å². The highest BCUT2D eigenvalue weighted by atomic mass is 32.2. The number of hydrogen-bond donors (Lipinski definition) is 0. The van der Waals surface area contributed by atoms with Gasteiger partial charge in [-0.2, -0.15) is 0 Å². The Morgan fingerprint density at radius 1 is 1.06 bits per heavy atom. The highest BCUT2D eigenvalue weighted by Crippen LogP contribution is 2.22. The number of rotatable bonds is 2. The molecule has 2 aliphatic heterocycles. The largest absolute Gasteiger partial charge is 0.342 e. The van der Waals surface area contributed by atoms with Gasteiger partial charge in [0, 0.05) is 26.2 Å². The first-order valence-corrected chi connectivity index (χ1v) is 8.57. The standard InChI is InChI=1S/C12H22N2O3S/c1-18(16,17)14-9-5-6-11(10-14)12(15)13-7-3-2-4-8-13/h11H,2-10H2,1H3/t11-/m0/s1. The first kappa shape index (κ1) is 13.8. The number of nitrogens with zero attached hydrogens (tertiary/aromatic N) is 2. The molecule has 2 fully saturated rings. The van der Waals surface area contributed by atoms with Crippen LogP contribution >= 0.6 is 0 Å². The summed E-state index contributed by atoms with van der Waals surface area (Å²) in [5.41, 5.74) is 0. The predicted octanol–water partition coefficient (Wildman–Crippen LogP) is 0.670. The van der Waals surface area contributed by atoms with E-state index in [4.69, 9.17) is 0 Å². The van der Waals surface area contributed by atoms with E-state index >= 15 is 0 Å². The molecule has 0 aliphatic carbocycles. The molecule has 0 aromatic carbocycles. The lowest BCUT2D eigenvalue weighted by atomic mass is 9.97. The van der Waals surface area contributed by atoms with Crippen LogP contribution in [-0.4, -0.2) is 56.0 Å². The van der Waals surface area contributed by atoms with E-state index in [1.54, 1.807) is 0 Å². The summed E-state index contributed by atoms with van der Waals surface area (Å²) in [4.78, 5) is 14.2. The van der Waals surface area contributed by atoms with Crippen molar-refractivity contribution in [2.45, 2.75) is 32.1 Å². The fourth-order valence-corrected chi connectivity index (χ4v) is 3.73. The molecular weight excluding hydrogens is 252 g/mol. The zero-order chi connectivity index (χ0) is 13.2. The Balaban J connectivity index is 1.97. The topological polar surface area (TPSA) is 57.7 Å². The Hall–Kier alpha value is -0.620. The van der Waals surface area contributed by atoms with Gasteiger partial charge in [-0.05, 0) is 32.1 Å². The van der Waals surface area contributed by atoms with Crippen LogP contribution in [0, 0.1) is 5.92 Å². The average Bonchev–Trinajstić information content (AvgIpc) is 2.38. The van der Waals surface area contributed by atoms with Gasteiger partial charge >= 0.3 is 0 Å². The second-order valence-corrected chi connectivity index (χ2v) is 7.33. The normalized spacial score (nSPS) is 27.2. The maximum absolute atomic E-state index is 12.3. The SMILES string of the molecule is CS(=O)(=O)N1CCC[C@H](C(=O)N2CCCCC2)C1. The van der Waals surface area contributed by atoms with Crippen LogP contribution in [0.5, 0.6) is 0 Å². The summed E-state index contributed by atoms with van der Waals surface area (Å²) in [6.07, 6.45) is 6.19. The van der Waals surface area contributed by atoms with Crippen LogP contribution < -0.4 is 0 Å². The van der Waals surface area contributed by atoms with Gasteiger partial charge in [0.25, 0.3) is 0 Å². The Morgan fingerprint density at radius 2 is 1.72 bits per heavy atom. The van der Waals surface area contributed by atoms with E-state index in [2.05, 4.69) is 0 Å². The molecule has 0 bridgehead atoms. The van der Waals surface area contributed by atoms with E-state index in [0.29, 0.717) is 13.1 Å². The Bertz CT molecular complexity index is 402. The molecule has 2 aliphatic rings. The van der Waals surface area contributed by atoms with E-state index in [9.17, 15) is 13.2 Å². The minimum absolute atomic E-state index is 0.133. The van der Waals surface area contributed by atoms with Gasteiger partial charge in [-0.25, -0.2) is 12.7 Å². The van der Waals surface area contributed by atoms with Crippen LogP contribution in [0.15, 0.2) is 0 Å². The van der Waals surface area contributed by atoms with E-state index in [1.807, 2.05) is 4.90 Å². The molecule has 0 N–H and O–H groups in total. The summed E-state index contributed by atoms with van der Waals surface area (Å²) < 4.78 is 24.5. The number of carbonyl (C=O) groups excluding carboxylic acids is 1. The van der Waals surface area contributed by atoms with Crippen molar-refractivity contribution in [3.05, 3.63) is 0 Å². The minimum atomic E-state index is -3.16. The third-order valence-electron chi connectivity index (χ3n) is 3.87. The molecule has 0 radical (unpaired) electrons. The van der Waals surface area contributed by atoms with Crippen molar-refractivity contribution in [1.82, 2.24) is 9.21 Å². The Kier molecular flexibility index (Phi) is 4.27. The fraction of sp³-hybridized carbons (Fsp3) is 0.917. The molecule has 18 heavy (non-hydrogen) atoms. The molecule has 1 atom stereocenters. The van der Waals surface area contributed by atoms with Crippen molar-refractivity contribution in [2.75, 3.05) is 32.4 Å². The number of hydrogen-bond acceptors (Lipinski definition) is 3. The van der Waals surface area contributed by atoms with E-state index in [1.165, 1.54) is 17.0 Å². The van der Waals surface area contributed by atoms with Crippen LogP contribution in [0.3, 0.4) is 0 Å². The molecule has 2 rings (SSSR count). The zero-order valence-electron chi connectivity index (χ0n) is 11.0. The predicted molar refractivity (Wildman–Crippen MR) is 69.6 cm³/mol. The summed E-state index contributed by atoms with van der Waals surface area (Å²) in [5, 5.41) is 0. The molecule has 0 aromatic rings. The Labute approximate surface area is 109 Å². The average molecular weight is 274 g/mol. The molecular formula is C12H22N2O3S. The monoisotopic (exact) mass is 274 g/mol. The molecule has 0 spiro atoms. The maximum Gasteiger partial charge on any atom is 0.227 e. The van der Waals surface area contributed by atoms with Gasteiger partial charge in [0.1, 0.15) is 0 Å². The summed E-state index contributed by atoms with van der Waals surface area (Å²) in [6, 6.07) is 0. The van der Waals surface area contributed by atoms with Crippen molar-refractivity contribution >= 4 is 15.9 Å². The van der Waals surface area contributed by atoms with Crippen LogP contribution in [0.4, 0.5) is 0 Å². The smallest absolute Gasteiger partial charge is 0.227 e. The van der Waals surface area contributed by atoms with Gasteiger partial charge in [-0.3, -0.25) is 4.79 Å². The van der Waals surface area contributed by atoms with E-state index in [-0.39, 0.29) is 11.8 Å². The first-order chi connectivity index (χ1) is 8.48. The Morgan fingerprint density at radius 3 is 2.33 bits per heavy atom. The van der Waals surface area contributed by atoms with Crippen molar-refractivity contribution in [3.63, 3.8) is 0 Å². The lowest BCUT2D eigenvalue weighted by molar-refractivity contribution is -0.137. The van der Waals surface area contributed by atoms with E-state index < -0.39 is 10.0 Å². The second-order valence-electron chi connectivity index (χ2n) is 5.35. The third-order valence-corrected chi connectivity index (χ3v) is 5.14. The highest BCUT2D eigenvalue weighted by Gasteiger charge is 2.32. The van der Waals surface area contributed by atoms with Gasteiger partial charge in [0.05, 0.1) is 12.2 Å². The lowest BCUT2D eigenvalue weighted by Gasteiger charge is -2.35. The summed E-state index contributed by atoms with van der Waals surface area (Å²) >= 11 is 0. The van der Waals surface area contributed by atoms with Crippen molar-refractivity contribution in [2.24, 2.45) is 5.92 Å². The van der Waals surface area contributed by atoms with E-state index in [0.717, 1.165) is 38.8 Å². The van der Waals surface area contributed by atoms with Crippen molar-refractivity contribution in [1.29, 1.82) is 0 Å². The molecule has 2 saturated heterocycles. The fourth-order valence-electron chi connectivity index (χ4n) is 2.82. The molecule has 6 heteroatoms. The molecule has 1 amide bonds. The van der Waals surface area contributed by atoms with Gasteiger partial charge in [0.2, 0.25) is 15.9 Å². The number of piperidine rings is 2. The number of carbonyl (C=O) groups is 1. The number of amides is 1. The highest BCUT2D eigenvalue weighted by molar-refractivity contribution is 7.88.